The molecule has 2 aromatic carbocycles. The van der Waals surface area contributed by atoms with E-state index in [-0.39, 0.29) is 4.90 Å². The highest BCUT2D eigenvalue weighted by molar-refractivity contribution is 7.89. The largest absolute Gasteiger partial charge is 0.444 e. The summed E-state index contributed by atoms with van der Waals surface area (Å²) in [6.45, 7) is 3.57. The normalized spacial score (nSPS) is 12.2. The first-order valence-electron chi connectivity index (χ1n) is 9.93. The van der Waals surface area contributed by atoms with Gasteiger partial charge in [-0.1, -0.05) is 30.3 Å². The number of aromatic nitrogens is 1. The lowest BCUT2D eigenvalue weighted by Gasteiger charge is -2.12. The molecule has 9 heteroatoms. The topological polar surface area (TPSA) is 99.8 Å². The van der Waals surface area contributed by atoms with Crippen LogP contribution in [0.4, 0.5) is 0 Å². The molecule has 0 atom stereocenters. The molecule has 0 radical (unpaired) electrons. The first kappa shape index (κ1) is 22.5. The molecule has 0 aliphatic heterocycles. The minimum absolute atomic E-state index is 0.260. The number of hydrogen-bond acceptors (Lipinski definition) is 5. The smallest absolute Gasteiger partial charge is 0.242 e. The van der Waals surface area contributed by atoms with Crippen molar-refractivity contribution in [2.24, 2.45) is 4.99 Å². The van der Waals surface area contributed by atoms with Crippen LogP contribution in [0.5, 0.6) is 0 Å². The van der Waals surface area contributed by atoms with Crippen LogP contribution in [0.25, 0.3) is 11.5 Å². The lowest BCUT2D eigenvalue weighted by atomic mass is 10.2. The lowest BCUT2D eigenvalue weighted by molar-refractivity contribution is 0.520. The van der Waals surface area contributed by atoms with Crippen LogP contribution in [-0.4, -0.2) is 44.3 Å². The molecule has 0 aliphatic rings. The Balaban J connectivity index is 1.62. The summed E-state index contributed by atoms with van der Waals surface area (Å²) in [7, 11) is -0.407. The summed E-state index contributed by atoms with van der Waals surface area (Å²) < 4.78 is 31.1. The van der Waals surface area contributed by atoms with Gasteiger partial charge in [-0.3, -0.25) is 0 Å². The van der Waals surface area contributed by atoms with Crippen molar-refractivity contribution in [3.8, 4) is 11.5 Å². The molecular weight excluding hydrogens is 414 g/mol. The zero-order chi connectivity index (χ0) is 22.3. The van der Waals surface area contributed by atoms with E-state index >= 15 is 0 Å². The monoisotopic (exact) mass is 441 g/mol. The summed E-state index contributed by atoms with van der Waals surface area (Å²) in [6.07, 6.45) is 1.63. The molecule has 164 valence electrons. The Bertz CT molecular complexity index is 1110. The zero-order valence-corrected chi connectivity index (χ0v) is 18.7. The Morgan fingerprint density at radius 1 is 1.06 bits per heavy atom. The average molecular weight is 442 g/mol. The molecular formula is C22H27N5O3S. The third-order valence-corrected chi connectivity index (χ3v) is 6.30. The standard InChI is InChI=1S/C22H27N5O3S/c1-4-23-22(24-14-17-10-12-20(13-11-17)31(28,29)27(2)3)25-15-19-16-30-21(26-19)18-8-6-5-7-9-18/h5-13,16H,4,14-15H2,1-3H3,(H2,23,24,25). The Morgan fingerprint density at radius 3 is 2.42 bits per heavy atom. The van der Waals surface area contributed by atoms with Crippen LogP contribution in [0.2, 0.25) is 0 Å². The van der Waals surface area contributed by atoms with Crippen LogP contribution >= 0.6 is 0 Å². The highest BCUT2D eigenvalue weighted by Gasteiger charge is 2.16. The molecule has 3 rings (SSSR count). The van der Waals surface area contributed by atoms with Gasteiger partial charge in [0.2, 0.25) is 15.9 Å². The third-order valence-electron chi connectivity index (χ3n) is 4.48. The van der Waals surface area contributed by atoms with Crippen molar-refractivity contribution in [3.63, 3.8) is 0 Å². The highest BCUT2D eigenvalue weighted by atomic mass is 32.2. The molecule has 0 saturated carbocycles. The Labute approximate surface area is 183 Å². The second kappa shape index (κ2) is 10.2. The quantitative estimate of drug-likeness (QED) is 0.412. The number of rotatable bonds is 8. The van der Waals surface area contributed by atoms with Crippen LogP contribution in [0.15, 0.2) is 75.2 Å². The lowest BCUT2D eigenvalue weighted by Crippen LogP contribution is -2.36. The third kappa shape index (κ3) is 5.93. The fourth-order valence-corrected chi connectivity index (χ4v) is 3.67. The molecule has 31 heavy (non-hydrogen) atoms. The first-order chi connectivity index (χ1) is 14.9. The van der Waals surface area contributed by atoms with E-state index in [4.69, 9.17) is 4.42 Å². The van der Waals surface area contributed by atoms with Crippen LogP contribution in [-0.2, 0) is 23.1 Å². The van der Waals surface area contributed by atoms with Crippen LogP contribution < -0.4 is 10.6 Å². The van der Waals surface area contributed by atoms with Crippen molar-refractivity contribution in [1.82, 2.24) is 19.9 Å². The van der Waals surface area contributed by atoms with E-state index in [1.807, 2.05) is 37.3 Å². The van der Waals surface area contributed by atoms with E-state index in [2.05, 4.69) is 20.6 Å². The predicted molar refractivity (Wildman–Crippen MR) is 121 cm³/mol. The highest BCUT2D eigenvalue weighted by Crippen LogP contribution is 2.18. The fourth-order valence-electron chi connectivity index (χ4n) is 2.77. The average Bonchev–Trinajstić information content (AvgIpc) is 3.25. The van der Waals surface area contributed by atoms with Gasteiger partial charge in [0.05, 0.1) is 23.7 Å². The minimum Gasteiger partial charge on any atom is -0.444 e. The molecule has 0 aliphatic carbocycles. The Kier molecular flexibility index (Phi) is 7.43. The molecule has 2 N–H and O–H groups in total. The van der Waals surface area contributed by atoms with Gasteiger partial charge in [-0.2, -0.15) is 0 Å². The summed E-state index contributed by atoms with van der Waals surface area (Å²) in [6, 6.07) is 16.5. The van der Waals surface area contributed by atoms with Gasteiger partial charge in [0.25, 0.3) is 0 Å². The SMILES string of the molecule is CCNC(=NCc1ccc(S(=O)(=O)N(C)C)cc1)NCc1coc(-c2ccccc2)n1. The Hall–Kier alpha value is -3.17. The number of aliphatic imine (C=N–C) groups is 1. The Morgan fingerprint density at radius 2 is 1.77 bits per heavy atom. The summed E-state index contributed by atoms with van der Waals surface area (Å²) in [5, 5.41) is 6.43. The van der Waals surface area contributed by atoms with Crippen LogP contribution in [0.3, 0.4) is 0 Å². The number of hydrogen-bond donors (Lipinski definition) is 2. The molecule has 1 heterocycles. The van der Waals surface area contributed by atoms with Gasteiger partial charge < -0.3 is 15.1 Å². The molecule has 3 aromatic rings. The van der Waals surface area contributed by atoms with E-state index in [9.17, 15) is 8.42 Å². The van der Waals surface area contributed by atoms with Gasteiger partial charge in [-0.25, -0.2) is 22.7 Å². The maximum absolute atomic E-state index is 12.2. The molecule has 0 spiro atoms. The van der Waals surface area contributed by atoms with Crippen molar-refractivity contribution < 1.29 is 12.8 Å². The van der Waals surface area contributed by atoms with E-state index in [1.54, 1.807) is 30.5 Å². The van der Waals surface area contributed by atoms with Gasteiger partial charge in [-0.15, -0.1) is 0 Å². The molecule has 8 nitrogen and oxygen atoms in total. The van der Waals surface area contributed by atoms with E-state index in [0.29, 0.717) is 31.5 Å². The van der Waals surface area contributed by atoms with Crippen LogP contribution in [0, 0.1) is 0 Å². The van der Waals surface area contributed by atoms with Crippen molar-refractivity contribution in [2.45, 2.75) is 24.9 Å². The van der Waals surface area contributed by atoms with Crippen LogP contribution in [0.1, 0.15) is 18.2 Å². The van der Waals surface area contributed by atoms with Gasteiger partial charge in [0.1, 0.15) is 6.26 Å². The molecule has 1 aromatic heterocycles. The second-order valence-corrected chi connectivity index (χ2v) is 9.14. The second-order valence-electron chi connectivity index (χ2n) is 6.99. The van der Waals surface area contributed by atoms with Crippen molar-refractivity contribution in [1.29, 1.82) is 0 Å². The number of nitrogens with one attached hydrogen (secondary N) is 2. The number of oxazole rings is 1. The summed E-state index contributed by atoms with van der Waals surface area (Å²) in [4.78, 5) is 9.33. The molecule has 0 bridgehead atoms. The number of nitrogens with zero attached hydrogens (tertiary/aromatic N) is 3. The fraction of sp³-hybridized carbons (Fsp3) is 0.273. The minimum atomic E-state index is -3.43. The first-order valence-corrected chi connectivity index (χ1v) is 11.4. The van der Waals surface area contributed by atoms with Gasteiger partial charge >= 0.3 is 0 Å². The zero-order valence-electron chi connectivity index (χ0n) is 17.9. The summed E-state index contributed by atoms with van der Waals surface area (Å²) >= 11 is 0. The predicted octanol–water partition coefficient (Wildman–Crippen LogP) is 2.85. The maximum atomic E-state index is 12.2. The van der Waals surface area contributed by atoms with Gasteiger partial charge in [0.15, 0.2) is 5.96 Å². The number of sulfonamides is 1. The van der Waals surface area contributed by atoms with Crippen molar-refractivity contribution in [2.75, 3.05) is 20.6 Å². The maximum Gasteiger partial charge on any atom is 0.242 e. The molecule has 0 unspecified atom stereocenters. The van der Waals surface area contributed by atoms with Gasteiger partial charge in [-0.05, 0) is 36.8 Å². The van der Waals surface area contributed by atoms with Crippen molar-refractivity contribution in [3.05, 3.63) is 72.1 Å². The van der Waals surface area contributed by atoms with E-state index in [1.165, 1.54) is 18.4 Å². The van der Waals surface area contributed by atoms with Gasteiger partial charge in [0, 0.05) is 26.2 Å². The molecule has 0 amide bonds. The molecule has 0 saturated heterocycles. The van der Waals surface area contributed by atoms with E-state index in [0.717, 1.165) is 16.8 Å². The van der Waals surface area contributed by atoms with Crippen molar-refractivity contribution >= 4 is 16.0 Å². The molecule has 0 fully saturated rings. The number of benzene rings is 2. The summed E-state index contributed by atoms with van der Waals surface area (Å²) in [5.74, 6) is 1.21. The number of guanidine groups is 1. The summed E-state index contributed by atoms with van der Waals surface area (Å²) in [5.41, 5.74) is 2.60. The van der Waals surface area contributed by atoms with E-state index < -0.39 is 10.0 Å².